The maximum atomic E-state index is 13.3. The Bertz CT molecular complexity index is 773. The highest BCUT2D eigenvalue weighted by Gasteiger charge is 2.33. The van der Waals surface area contributed by atoms with Crippen LogP contribution in [0.1, 0.15) is 90.0 Å². The summed E-state index contributed by atoms with van der Waals surface area (Å²) in [4.78, 5) is 40.6. The fourth-order valence-electron chi connectivity index (χ4n) is 4.54. The van der Waals surface area contributed by atoms with Gasteiger partial charge >= 0.3 is 0 Å². The Morgan fingerprint density at radius 2 is 1.77 bits per heavy atom. The number of carbonyl (C=O) groups excluding carboxylic acids is 3. The molecule has 0 radical (unpaired) electrons. The molecular formula is C28H51N3O4. The highest BCUT2D eigenvalue weighted by atomic mass is 16.3. The largest absolute Gasteiger partial charge is 0.391 e. The van der Waals surface area contributed by atoms with Crippen LogP contribution in [0.3, 0.4) is 0 Å². The summed E-state index contributed by atoms with van der Waals surface area (Å²) in [5, 5.41) is 17.6. The van der Waals surface area contributed by atoms with E-state index in [0.717, 1.165) is 0 Å². The van der Waals surface area contributed by atoms with Crippen molar-refractivity contribution < 1.29 is 23.6 Å². The van der Waals surface area contributed by atoms with Crippen molar-refractivity contribution in [2.24, 2.45) is 11.8 Å². The standard InChI is InChI=1S/C28H51N3O4/c1-7-8-9-10-14-21(4)28(35)27-24(33)16-13-17-29-26(20(2)3)25(34)19-30-22(5)23(32)15-11-12-18-31(27)6/h9-10,20-22,26-30,35H,7-8,11-19H2,1-6H3/t21-,22+,26+,27-,28?/m1/s1/i1D3. The van der Waals surface area contributed by atoms with Gasteiger partial charge in [-0.3, -0.25) is 19.3 Å². The molecule has 1 aliphatic rings. The summed E-state index contributed by atoms with van der Waals surface area (Å²) in [6.07, 6.45) is 6.53. The van der Waals surface area contributed by atoms with Gasteiger partial charge in [0.15, 0.2) is 11.6 Å². The van der Waals surface area contributed by atoms with Gasteiger partial charge < -0.3 is 15.7 Å². The summed E-state index contributed by atoms with van der Waals surface area (Å²) in [6, 6.07) is -1.43. The molecule has 0 amide bonds. The molecule has 1 rings (SSSR count). The number of likely N-dealkylation sites (N-methyl/N-ethyl adjacent to an activating group) is 1. The molecule has 0 aromatic rings. The quantitative estimate of drug-likeness (QED) is 0.465. The highest BCUT2D eigenvalue weighted by molar-refractivity contribution is 5.88. The molecule has 3 N–H and O–H groups in total. The lowest BCUT2D eigenvalue weighted by molar-refractivity contribution is -0.129. The second kappa shape index (κ2) is 17.1. The number of ketones is 3. The molecular weight excluding hydrogens is 442 g/mol. The lowest BCUT2D eigenvalue weighted by atomic mass is 9.89. The van der Waals surface area contributed by atoms with E-state index in [-0.39, 0.29) is 54.6 Å². The van der Waals surface area contributed by atoms with Crippen molar-refractivity contribution in [1.82, 2.24) is 15.5 Å². The van der Waals surface area contributed by atoms with Gasteiger partial charge in [-0.05, 0) is 71.0 Å². The van der Waals surface area contributed by atoms with Crippen LogP contribution in [0.25, 0.3) is 0 Å². The molecule has 35 heavy (non-hydrogen) atoms. The molecule has 0 aromatic heterocycles. The zero-order chi connectivity index (χ0) is 28.9. The smallest absolute Gasteiger partial charge is 0.163 e. The summed E-state index contributed by atoms with van der Waals surface area (Å²) in [7, 11) is 1.84. The van der Waals surface area contributed by atoms with Gasteiger partial charge in [-0.15, -0.1) is 0 Å². The van der Waals surface area contributed by atoms with Crippen molar-refractivity contribution in [1.29, 1.82) is 0 Å². The topological polar surface area (TPSA) is 98.7 Å². The Kier molecular flexibility index (Phi) is 13.0. The maximum Gasteiger partial charge on any atom is 0.163 e. The van der Waals surface area contributed by atoms with Crippen LogP contribution in [0.5, 0.6) is 0 Å². The van der Waals surface area contributed by atoms with Gasteiger partial charge in [0.1, 0.15) is 5.78 Å². The summed E-state index contributed by atoms with van der Waals surface area (Å²) >= 11 is 0. The van der Waals surface area contributed by atoms with Gasteiger partial charge in [-0.2, -0.15) is 0 Å². The second-order valence-corrected chi connectivity index (χ2v) is 10.4. The van der Waals surface area contributed by atoms with E-state index in [4.69, 9.17) is 4.11 Å². The van der Waals surface area contributed by atoms with E-state index < -0.39 is 25.0 Å². The average molecular weight is 497 g/mol. The van der Waals surface area contributed by atoms with Crippen LogP contribution in [-0.4, -0.2) is 78.3 Å². The van der Waals surface area contributed by atoms with E-state index in [9.17, 15) is 19.5 Å². The zero-order valence-corrected chi connectivity index (χ0v) is 22.5. The minimum absolute atomic E-state index is 0.00377. The van der Waals surface area contributed by atoms with Crippen molar-refractivity contribution in [2.45, 2.75) is 110 Å². The summed E-state index contributed by atoms with van der Waals surface area (Å²) < 4.78 is 21.9. The number of aliphatic hydroxyl groups excluding tert-OH is 1. The van der Waals surface area contributed by atoms with Crippen LogP contribution in [0.15, 0.2) is 12.2 Å². The minimum Gasteiger partial charge on any atom is -0.391 e. The molecule has 0 aromatic carbocycles. The van der Waals surface area contributed by atoms with Crippen LogP contribution in [-0.2, 0) is 14.4 Å². The zero-order valence-electron chi connectivity index (χ0n) is 25.5. The Labute approximate surface area is 217 Å². The molecule has 5 atom stereocenters. The number of hydrogen-bond acceptors (Lipinski definition) is 7. The third-order valence-electron chi connectivity index (χ3n) is 6.92. The fourth-order valence-corrected chi connectivity index (χ4v) is 4.54. The third kappa shape index (κ3) is 11.5. The average Bonchev–Trinajstić information content (AvgIpc) is 2.82. The summed E-state index contributed by atoms with van der Waals surface area (Å²) in [5.41, 5.74) is 0. The van der Waals surface area contributed by atoms with E-state index in [1.165, 1.54) is 0 Å². The van der Waals surface area contributed by atoms with E-state index in [1.807, 2.05) is 44.9 Å². The number of rotatable bonds is 7. The fraction of sp³-hybridized carbons (Fsp3) is 0.821. The predicted molar refractivity (Wildman–Crippen MR) is 142 cm³/mol. The Morgan fingerprint density at radius 3 is 2.46 bits per heavy atom. The SMILES string of the molecule is [2H]C([2H])([2H])CCC=CC[C@@H](C)C(O)[C@H]1C(=O)CCCN[C@@H](C(C)C)C(=O)CN[C@@H](C)C(=O)CCCCN1C. The van der Waals surface area contributed by atoms with Crippen molar-refractivity contribution in [2.75, 3.05) is 26.7 Å². The van der Waals surface area contributed by atoms with Crippen LogP contribution in [0, 0.1) is 11.8 Å². The van der Waals surface area contributed by atoms with Crippen molar-refractivity contribution in [3.05, 3.63) is 12.2 Å². The molecule has 202 valence electrons. The number of nitrogens with one attached hydrogen (secondary N) is 2. The summed E-state index contributed by atoms with van der Waals surface area (Å²) in [6.45, 7) is 6.88. The molecule has 1 saturated heterocycles. The number of Topliss-reactive ketones (excluding diaryl/α,β-unsaturated/α-hetero) is 3. The lowest BCUT2D eigenvalue weighted by Gasteiger charge is -2.34. The lowest BCUT2D eigenvalue weighted by Crippen LogP contribution is -2.50. The van der Waals surface area contributed by atoms with E-state index in [1.54, 1.807) is 6.92 Å². The second-order valence-electron chi connectivity index (χ2n) is 10.4. The minimum atomic E-state index is -1.95. The molecule has 1 aliphatic heterocycles. The molecule has 7 nitrogen and oxygen atoms in total. The molecule has 7 heteroatoms. The van der Waals surface area contributed by atoms with Gasteiger partial charge in [0.25, 0.3) is 0 Å². The Morgan fingerprint density at radius 1 is 1.06 bits per heavy atom. The van der Waals surface area contributed by atoms with Crippen LogP contribution >= 0.6 is 0 Å². The van der Waals surface area contributed by atoms with Crippen molar-refractivity contribution in [3.63, 3.8) is 0 Å². The number of nitrogens with zero attached hydrogens (tertiary/aromatic N) is 1. The predicted octanol–water partition coefficient (Wildman–Crippen LogP) is 3.29. The maximum absolute atomic E-state index is 13.3. The number of hydrogen-bond donors (Lipinski definition) is 3. The molecule has 1 fully saturated rings. The summed E-state index contributed by atoms with van der Waals surface area (Å²) in [5.74, 6) is -0.0980. The van der Waals surface area contributed by atoms with Gasteiger partial charge in [0.2, 0.25) is 0 Å². The Balaban J connectivity index is 2.93. The first kappa shape index (κ1) is 26.6. The first-order valence-electron chi connectivity index (χ1n) is 14.8. The third-order valence-corrected chi connectivity index (χ3v) is 6.92. The van der Waals surface area contributed by atoms with E-state index in [2.05, 4.69) is 10.6 Å². The van der Waals surface area contributed by atoms with Crippen LogP contribution in [0.4, 0.5) is 0 Å². The Hall–Kier alpha value is -1.41. The molecule has 1 heterocycles. The number of aliphatic hydroxyl groups is 1. The van der Waals surface area contributed by atoms with Crippen LogP contribution in [0.2, 0.25) is 0 Å². The van der Waals surface area contributed by atoms with Gasteiger partial charge in [0.05, 0.1) is 30.8 Å². The molecule has 1 unspecified atom stereocenters. The van der Waals surface area contributed by atoms with E-state index >= 15 is 0 Å². The number of allylic oxidation sites excluding steroid dienone is 2. The highest BCUT2D eigenvalue weighted by Crippen LogP contribution is 2.20. The van der Waals surface area contributed by atoms with Crippen molar-refractivity contribution >= 4 is 17.3 Å². The van der Waals surface area contributed by atoms with E-state index in [0.29, 0.717) is 51.6 Å². The van der Waals surface area contributed by atoms with Crippen LogP contribution < -0.4 is 10.6 Å². The molecule has 0 saturated carbocycles. The first-order chi connectivity index (χ1) is 17.7. The van der Waals surface area contributed by atoms with Gasteiger partial charge in [-0.25, -0.2) is 0 Å². The normalized spacial score (nSPS) is 28.9. The molecule has 0 aliphatic carbocycles. The van der Waals surface area contributed by atoms with Crippen molar-refractivity contribution in [3.8, 4) is 0 Å². The monoisotopic (exact) mass is 496 g/mol. The first-order valence-corrected chi connectivity index (χ1v) is 13.3. The van der Waals surface area contributed by atoms with Gasteiger partial charge in [0, 0.05) is 17.0 Å². The van der Waals surface area contributed by atoms with Gasteiger partial charge in [-0.1, -0.05) is 46.2 Å². The number of carbonyl (C=O) groups is 3. The molecule has 0 bridgehead atoms. The molecule has 0 spiro atoms.